The second-order valence-electron chi connectivity index (χ2n) is 6.59. The first kappa shape index (κ1) is 19.5. The van der Waals surface area contributed by atoms with Crippen LogP contribution in [0.2, 0.25) is 0 Å². The normalized spacial score (nSPS) is 24.7. The summed E-state index contributed by atoms with van der Waals surface area (Å²) in [5.41, 5.74) is 0.364. The van der Waals surface area contributed by atoms with Gasteiger partial charge in [0.2, 0.25) is 0 Å². The van der Waals surface area contributed by atoms with Crippen LogP contribution in [-0.4, -0.2) is 48.1 Å². The molecule has 2 fully saturated rings. The molecule has 2 aliphatic rings. The van der Waals surface area contributed by atoms with Crippen LogP contribution in [0.5, 0.6) is 0 Å². The number of hydrogen-bond acceptors (Lipinski definition) is 3. The van der Waals surface area contributed by atoms with Gasteiger partial charge in [0.05, 0.1) is 6.10 Å². The fraction of sp³-hybridized carbons (Fsp3) is 0.765. The van der Waals surface area contributed by atoms with E-state index in [-0.39, 0.29) is 24.0 Å². The molecule has 2 aliphatic carbocycles. The lowest BCUT2D eigenvalue weighted by molar-refractivity contribution is -0.168. The number of nitrogens with one attached hydrogen (secondary N) is 2. The number of aromatic nitrogens is 2. The first-order valence-corrected chi connectivity index (χ1v) is 8.84. The number of nitrogens with zero attached hydrogens (tertiary/aromatic N) is 3. The molecule has 1 spiro atoms. The van der Waals surface area contributed by atoms with Gasteiger partial charge in [0, 0.05) is 50.6 Å². The van der Waals surface area contributed by atoms with E-state index >= 15 is 0 Å². The lowest BCUT2D eigenvalue weighted by Gasteiger charge is -2.61. The van der Waals surface area contributed by atoms with E-state index in [4.69, 9.17) is 4.74 Å². The Bertz CT molecular complexity index is 515. The van der Waals surface area contributed by atoms with Gasteiger partial charge < -0.3 is 15.4 Å². The van der Waals surface area contributed by atoms with Gasteiger partial charge in [-0.3, -0.25) is 9.67 Å². The number of aliphatic imine (C=N–C) groups is 1. The standard InChI is InChI=1S/C17H29N5O.HI/c1-3-23-15-13-14(17(15)7-4-8-17)21-16(18-2)19-9-5-11-22-12-6-10-20-22;/h6,10,12,14-15H,3-5,7-9,11,13H2,1-2H3,(H2,18,19,21);1H. The Morgan fingerprint density at radius 3 is 2.88 bits per heavy atom. The molecule has 6 nitrogen and oxygen atoms in total. The number of halogens is 1. The molecule has 1 heterocycles. The quantitative estimate of drug-likeness (QED) is 0.292. The lowest BCUT2D eigenvalue weighted by Crippen LogP contribution is -2.68. The second kappa shape index (κ2) is 9.03. The van der Waals surface area contributed by atoms with Crippen LogP contribution in [0, 0.1) is 5.41 Å². The predicted octanol–water partition coefficient (Wildman–Crippen LogP) is 2.40. The Kier molecular flexibility index (Phi) is 7.34. The first-order valence-electron chi connectivity index (χ1n) is 8.84. The molecule has 7 heteroatoms. The Morgan fingerprint density at radius 2 is 2.29 bits per heavy atom. The molecule has 0 bridgehead atoms. The Morgan fingerprint density at radius 1 is 1.46 bits per heavy atom. The molecule has 0 saturated heterocycles. The molecule has 0 aromatic carbocycles. The summed E-state index contributed by atoms with van der Waals surface area (Å²) in [4.78, 5) is 4.37. The van der Waals surface area contributed by atoms with E-state index in [0.29, 0.717) is 17.6 Å². The second-order valence-corrected chi connectivity index (χ2v) is 6.59. The van der Waals surface area contributed by atoms with Crippen molar-refractivity contribution in [3.05, 3.63) is 18.5 Å². The van der Waals surface area contributed by atoms with Crippen LogP contribution in [0.1, 0.15) is 39.0 Å². The molecule has 2 saturated carbocycles. The maximum Gasteiger partial charge on any atom is 0.191 e. The minimum Gasteiger partial charge on any atom is -0.378 e. The van der Waals surface area contributed by atoms with E-state index in [1.807, 2.05) is 30.2 Å². The van der Waals surface area contributed by atoms with Crippen LogP contribution in [0.3, 0.4) is 0 Å². The lowest BCUT2D eigenvalue weighted by atomic mass is 9.51. The highest BCUT2D eigenvalue weighted by molar-refractivity contribution is 14.0. The molecular formula is C17H30IN5O. The van der Waals surface area contributed by atoms with E-state index in [2.05, 4.69) is 27.6 Å². The van der Waals surface area contributed by atoms with Crippen LogP contribution >= 0.6 is 24.0 Å². The molecular weight excluding hydrogens is 417 g/mol. The molecule has 1 aromatic rings. The zero-order valence-electron chi connectivity index (χ0n) is 14.7. The van der Waals surface area contributed by atoms with Gasteiger partial charge in [-0.05, 0) is 38.7 Å². The van der Waals surface area contributed by atoms with Gasteiger partial charge in [-0.15, -0.1) is 24.0 Å². The molecule has 2 unspecified atom stereocenters. The molecule has 3 rings (SSSR count). The number of rotatable bonds is 7. The van der Waals surface area contributed by atoms with Crippen molar-refractivity contribution in [2.24, 2.45) is 10.4 Å². The summed E-state index contributed by atoms with van der Waals surface area (Å²) in [5, 5.41) is 11.3. The molecule has 0 amide bonds. The minimum atomic E-state index is 0. The van der Waals surface area contributed by atoms with Crippen molar-refractivity contribution in [1.82, 2.24) is 20.4 Å². The molecule has 2 N–H and O–H groups in total. The summed E-state index contributed by atoms with van der Waals surface area (Å²) < 4.78 is 7.87. The minimum absolute atomic E-state index is 0. The maximum absolute atomic E-state index is 5.91. The van der Waals surface area contributed by atoms with Gasteiger partial charge in [-0.2, -0.15) is 5.10 Å². The third-order valence-corrected chi connectivity index (χ3v) is 5.39. The smallest absolute Gasteiger partial charge is 0.191 e. The van der Waals surface area contributed by atoms with Crippen molar-refractivity contribution in [2.45, 2.75) is 57.7 Å². The summed E-state index contributed by atoms with van der Waals surface area (Å²) in [7, 11) is 1.84. The largest absolute Gasteiger partial charge is 0.378 e. The zero-order valence-corrected chi connectivity index (χ0v) is 17.0. The van der Waals surface area contributed by atoms with E-state index in [1.165, 1.54) is 19.3 Å². The number of guanidine groups is 1. The van der Waals surface area contributed by atoms with E-state index in [1.54, 1.807) is 0 Å². The number of hydrogen-bond donors (Lipinski definition) is 2. The maximum atomic E-state index is 5.91. The van der Waals surface area contributed by atoms with Crippen LogP contribution < -0.4 is 10.6 Å². The summed E-state index contributed by atoms with van der Waals surface area (Å²) in [6, 6.07) is 2.46. The van der Waals surface area contributed by atoms with Crippen molar-refractivity contribution in [3.8, 4) is 0 Å². The highest BCUT2D eigenvalue weighted by atomic mass is 127. The number of ether oxygens (including phenoxy) is 1. The third kappa shape index (κ3) is 4.04. The Hall–Kier alpha value is -0.830. The van der Waals surface area contributed by atoms with Gasteiger partial charge in [0.1, 0.15) is 0 Å². The van der Waals surface area contributed by atoms with Crippen LogP contribution in [0.25, 0.3) is 0 Å². The van der Waals surface area contributed by atoms with Gasteiger partial charge in [0.25, 0.3) is 0 Å². The fourth-order valence-electron chi connectivity index (χ4n) is 3.88. The van der Waals surface area contributed by atoms with Crippen LogP contribution in [0.15, 0.2) is 23.5 Å². The van der Waals surface area contributed by atoms with E-state index < -0.39 is 0 Å². The van der Waals surface area contributed by atoms with Gasteiger partial charge in [-0.1, -0.05) is 6.42 Å². The predicted molar refractivity (Wildman–Crippen MR) is 107 cm³/mol. The van der Waals surface area contributed by atoms with Crippen molar-refractivity contribution >= 4 is 29.9 Å². The molecule has 24 heavy (non-hydrogen) atoms. The molecule has 0 aliphatic heterocycles. The molecule has 1 aromatic heterocycles. The van der Waals surface area contributed by atoms with Crippen molar-refractivity contribution < 1.29 is 4.74 Å². The Balaban J connectivity index is 0.00000208. The van der Waals surface area contributed by atoms with Gasteiger partial charge in [0.15, 0.2) is 5.96 Å². The van der Waals surface area contributed by atoms with E-state index in [9.17, 15) is 0 Å². The molecule has 0 radical (unpaired) electrons. The fourth-order valence-corrected chi connectivity index (χ4v) is 3.88. The topological polar surface area (TPSA) is 63.5 Å². The zero-order chi connectivity index (χ0) is 16.1. The number of aryl methyl sites for hydroxylation is 1. The molecule has 2 atom stereocenters. The van der Waals surface area contributed by atoms with Crippen LogP contribution in [0.4, 0.5) is 0 Å². The van der Waals surface area contributed by atoms with Gasteiger partial charge >= 0.3 is 0 Å². The van der Waals surface area contributed by atoms with Crippen molar-refractivity contribution in [2.75, 3.05) is 20.2 Å². The van der Waals surface area contributed by atoms with Crippen molar-refractivity contribution in [3.63, 3.8) is 0 Å². The van der Waals surface area contributed by atoms with Crippen LogP contribution in [-0.2, 0) is 11.3 Å². The highest BCUT2D eigenvalue weighted by Gasteiger charge is 2.59. The summed E-state index contributed by atoms with van der Waals surface area (Å²) >= 11 is 0. The summed E-state index contributed by atoms with van der Waals surface area (Å²) in [5.74, 6) is 0.914. The monoisotopic (exact) mass is 447 g/mol. The summed E-state index contributed by atoms with van der Waals surface area (Å²) in [6.07, 6.45) is 10.3. The summed E-state index contributed by atoms with van der Waals surface area (Å²) in [6.45, 7) is 4.73. The molecule has 136 valence electrons. The van der Waals surface area contributed by atoms with Gasteiger partial charge in [-0.25, -0.2) is 0 Å². The SMILES string of the molecule is CCOC1CC(NC(=NC)NCCCn2cccn2)C12CCC2.I. The highest BCUT2D eigenvalue weighted by Crippen LogP contribution is 2.57. The average molecular weight is 447 g/mol. The first-order chi connectivity index (χ1) is 11.3. The Labute approximate surface area is 161 Å². The van der Waals surface area contributed by atoms with Crippen molar-refractivity contribution in [1.29, 1.82) is 0 Å². The third-order valence-electron chi connectivity index (χ3n) is 5.39. The van der Waals surface area contributed by atoms with E-state index in [0.717, 1.165) is 38.5 Å². The average Bonchev–Trinajstić information content (AvgIpc) is 3.00.